The van der Waals surface area contributed by atoms with Gasteiger partial charge in [0.05, 0.1) is 11.0 Å². The number of aliphatic hydroxyl groups is 1. The quantitative estimate of drug-likeness (QED) is 0.400. The molecule has 3 N–H and O–H groups in total. The molecular weight excluding hydrogens is 352 g/mol. The molecule has 1 atom stereocenters. The number of hydrogen-bond donors (Lipinski definition) is 3. The Hall–Kier alpha value is -3.46. The van der Waals surface area contributed by atoms with E-state index in [1.54, 1.807) is 12.1 Å². The van der Waals surface area contributed by atoms with E-state index in [9.17, 15) is 24.8 Å². The Labute approximate surface area is 155 Å². The Balaban J connectivity index is 1.86. The van der Waals surface area contributed by atoms with Crippen molar-refractivity contribution in [3.8, 4) is 0 Å². The Kier molecular flexibility index (Phi) is 6.45. The molecule has 9 heteroatoms. The highest BCUT2D eigenvalue weighted by Crippen LogP contribution is 2.18. The summed E-state index contributed by atoms with van der Waals surface area (Å²) in [6.07, 6.45) is -0.961. The monoisotopic (exact) mass is 372 g/mol. The molecule has 0 aromatic heterocycles. The number of carbonyl (C=O) groups is 2. The van der Waals surface area contributed by atoms with Gasteiger partial charge in [0.25, 0.3) is 5.69 Å². The van der Waals surface area contributed by atoms with E-state index in [1.165, 1.54) is 24.3 Å². The van der Waals surface area contributed by atoms with E-state index >= 15 is 0 Å². The minimum absolute atomic E-state index is 0.124. The van der Waals surface area contributed by atoms with E-state index in [1.807, 2.05) is 31.1 Å². The Bertz CT molecular complexity index is 819. The maximum Gasteiger partial charge on any atom is 0.313 e. The van der Waals surface area contributed by atoms with Gasteiger partial charge in [0.1, 0.15) is 0 Å². The van der Waals surface area contributed by atoms with Crippen LogP contribution in [0.25, 0.3) is 0 Å². The van der Waals surface area contributed by atoms with E-state index in [2.05, 4.69) is 10.6 Å². The molecule has 0 radical (unpaired) electrons. The van der Waals surface area contributed by atoms with Crippen LogP contribution in [0.3, 0.4) is 0 Å². The summed E-state index contributed by atoms with van der Waals surface area (Å²) in [5.41, 5.74) is 1.70. The number of nitrogens with zero attached hydrogens (tertiary/aromatic N) is 2. The fourth-order valence-corrected chi connectivity index (χ4v) is 2.24. The topological polar surface area (TPSA) is 125 Å². The van der Waals surface area contributed by atoms with E-state index < -0.39 is 22.8 Å². The van der Waals surface area contributed by atoms with Crippen molar-refractivity contribution in [1.82, 2.24) is 5.32 Å². The number of benzene rings is 2. The largest absolute Gasteiger partial charge is 0.387 e. The molecule has 2 aromatic rings. The van der Waals surface area contributed by atoms with Crippen LogP contribution in [0.4, 0.5) is 17.1 Å². The van der Waals surface area contributed by atoms with Gasteiger partial charge in [-0.2, -0.15) is 0 Å². The second kappa shape index (κ2) is 8.77. The number of hydrogen-bond acceptors (Lipinski definition) is 6. The zero-order valence-electron chi connectivity index (χ0n) is 14.9. The molecule has 0 fully saturated rings. The van der Waals surface area contributed by atoms with Gasteiger partial charge in [0.2, 0.25) is 0 Å². The van der Waals surface area contributed by atoms with Crippen molar-refractivity contribution in [2.45, 2.75) is 6.10 Å². The van der Waals surface area contributed by atoms with Gasteiger partial charge in [-0.25, -0.2) is 0 Å². The average molecular weight is 372 g/mol. The van der Waals surface area contributed by atoms with Gasteiger partial charge >= 0.3 is 11.8 Å². The van der Waals surface area contributed by atoms with Crippen LogP contribution in [-0.2, 0) is 9.59 Å². The van der Waals surface area contributed by atoms with E-state index in [0.29, 0.717) is 5.56 Å². The molecule has 2 amide bonds. The van der Waals surface area contributed by atoms with Crippen LogP contribution in [0.2, 0.25) is 0 Å². The Morgan fingerprint density at radius 1 is 1.07 bits per heavy atom. The van der Waals surface area contributed by atoms with Crippen molar-refractivity contribution < 1.29 is 19.6 Å². The minimum atomic E-state index is -0.961. The Morgan fingerprint density at radius 3 is 2.19 bits per heavy atom. The molecule has 2 rings (SSSR count). The standard InChI is InChI=1S/C18H20N4O5/c1-21(2)14-7-3-12(4-8-14)16(23)11-19-17(24)18(25)20-13-5-9-15(10-6-13)22(26)27/h3-10,16,23H,11H2,1-2H3,(H,19,24)(H,20,25). The predicted molar refractivity (Wildman–Crippen MR) is 100 cm³/mol. The molecule has 2 aromatic carbocycles. The Morgan fingerprint density at radius 2 is 1.67 bits per heavy atom. The summed E-state index contributed by atoms with van der Waals surface area (Å²) in [5.74, 6) is -1.85. The third-order valence-corrected chi connectivity index (χ3v) is 3.79. The number of nitrogens with one attached hydrogen (secondary N) is 2. The van der Waals surface area contributed by atoms with Gasteiger partial charge in [0, 0.05) is 44.1 Å². The SMILES string of the molecule is CN(C)c1ccc(C(O)CNC(=O)C(=O)Nc2ccc([N+](=O)[O-])cc2)cc1. The van der Waals surface area contributed by atoms with Crippen molar-refractivity contribution in [2.24, 2.45) is 0 Å². The zero-order valence-corrected chi connectivity index (χ0v) is 14.9. The maximum absolute atomic E-state index is 11.9. The lowest BCUT2D eigenvalue weighted by atomic mass is 10.1. The van der Waals surface area contributed by atoms with Crippen molar-refractivity contribution in [2.75, 3.05) is 30.9 Å². The summed E-state index contributed by atoms with van der Waals surface area (Å²) in [6, 6.07) is 12.2. The van der Waals surface area contributed by atoms with Crippen LogP contribution in [-0.4, -0.2) is 42.5 Å². The number of carbonyl (C=O) groups excluding carboxylic acids is 2. The lowest BCUT2D eigenvalue weighted by Gasteiger charge is -2.15. The van der Waals surface area contributed by atoms with Gasteiger partial charge in [-0.15, -0.1) is 0 Å². The summed E-state index contributed by atoms with van der Waals surface area (Å²) < 4.78 is 0. The molecule has 0 heterocycles. The number of nitro groups is 1. The van der Waals surface area contributed by atoms with Gasteiger partial charge in [-0.3, -0.25) is 19.7 Å². The highest BCUT2D eigenvalue weighted by Gasteiger charge is 2.16. The van der Waals surface area contributed by atoms with E-state index in [-0.39, 0.29) is 17.9 Å². The number of aliphatic hydroxyl groups excluding tert-OH is 1. The van der Waals surface area contributed by atoms with Crippen molar-refractivity contribution in [3.05, 3.63) is 64.2 Å². The lowest BCUT2D eigenvalue weighted by Crippen LogP contribution is -2.37. The van der Waals surface area contributed by atoms with Gasteiger partial charge in [-0.1, -0.05) is 12.1 Å². The second-order valence-corrected chi connectivity index (χ2v) is 5.97. The van der Waals surface area contributed by atoms with Gasteiger partial charge in [0.15, 0.2) is 0 Å². The number of nitro benzene ring substituents is 1. The summed E-state index contributed by atoms with van der Waals surface area (Å²) in [6.45, 7) is -0.131. The normalized spacial score (nSPS) is 11.4. The minimum Gasteiger partial charge on any atom is -0.387 e. The van der Waals surface area contributed by atoms with Crippen LogP contribution in [0, 0.1) is 10.1 Å². The first-order valence-corrected chi connectivity index (χ1v) is 8.07. The molecule has 0 saturated heterocycles. The third-order valence-electron chi connectivity index (χ3n) is 3.79. The first-order valence-electron chi connectivity index (χ1n) is 8.07. The first-order chi connectivity index (χ1) is 12.8. The average Bonchev–Trinajstić information content (AvgIpc) is 2.66. The van der Waals surface area contributed by atoms with E-state index in [0.717, 1.165) is 5.69 Å². The highest BCUT2D eigenvalue weighted by atomic mass is 16.6. The van der Waals surface area contributed by atoms with Gasteiger partial charge in [-0.05, 0) is 29.8 Å². The molecule has 142 valence electrons. The molecular formula is C18H20N4O5. The van der Waals surface area contributed by atoms with Crippen LogP contribution in [0.15, 0.2) is 48.5 Å². The molecule has 0 saturated carbocycles. The molecule has 0 aliphatic heterocycles. The molecule has 9 nitrogen and oxygen atoms in total. The van der Waals surface area contributed by atoms with E-state index in [4.69, 9.17) is 0 Å². The second-order valence-electron chi connectivity index (χ2n) is 5.97. The fourth-order valence-electron chi connectivity index (χ4n) is 2.24. The van der Waals surface area contributed by atoms with Crippen LogP contribution < -0.4 is 15.5 Å². The van der Waals surface area contributed by atoms with Crippen molar-refractivity contribution >= 4 is 28.9 Å². The molecule has 27 heavy (non-hydrogen) atoms. The van der Waals surface area contributed by atoms with Crippen LogP contribution >= 0.6 is 0 Å². The summed E-state index contributed by atoms with van der Waals surface area (Å²) in [7, 11) is 3.80. The maximum atomic E-state index is 11.9. The van der Waals surface area contributed by atoms with Crippen LogP contribution in [0.5, 0.6) is 0 Å². The van der Waals surface area contributed by atoms with Crippen molar-refractivity contribution in [1.29, 1.82) is 0 Å². The molecule has 0 spiro atoms. The number of non-ortho nitro benzene ring substituents is 1. The molecule has 0 bridgehead atoms. The summed E-state index contributed by atoms with van der Waals surface area (Å²) >= 11 is 0. The molecule has 0 aliphatic carbocycles. The van der Waals surface area contributed by atoms with Gasteiger partial charge < -0.3 is 20.6 Å². The van der Waals surface area contributed by atoms with Crippen molar-refractivity contribution in [3.63, 3.8) is 0 Å². The molecule has 1 unspecified atom stereocenters. The zero-order chi connectivity index (χ0) is 20.0. The van der Waals surface area contributed by atoms with Crippen LogP contribution in [0.1, 0.15) is 11.7 Å². The fraction of sp³-hybridized carbons (Fsp3) is 0.222. The number of anilines is 2. The smallest absolute Gasteiger partial charge is 0.313 e. The lowest BCUT2D eigenvalue weighted by molar-refractivity contribution is -0.384. The third kappa shape index (κ3) is 5.51. The summed E-state index contributed by atoms with van der Waals surface area (Å²) in [5, 5.41) is 25.4. The highest BCUT2D eigenvalue weighted by molar-refractivity contribution is 6.39. The number of rotatable bonds is 6. The number of amides is 2. The predicted octanol–water partition coefficient (Wildman–Crippen LogP) is 1.45. The first kappa shape index (κ1) is 19.9. The molecule has 0 aliphatic rings. The summed E-state index contributed by atoms with van der Waals surface area (Å²) in [4.78, 5) is 35.6.